The maximum atomic E-state index is 13.0. The molecule has 2 aromatic rings. The van der Waals surface area contributed by atoms with Crippen LogP contribution in [0.3, 0.4) is 0 Å². The molecule has 0 saturated carbocycles. The molecule has 2 aromatic carbocycles. The molecular weight excluding hydrogens is 434 g/mol. The highest BCUT2D eigenvalue weighted by Crippen LogP contribution is 2.44. The number of ether oxygens (including phenoxy) is 4. The highest BCUT2D eigenvalue weighted by atomic mass is 16.5. The van der Waals surface area contributed by atoms with Crippen LogP contribution in [0.4, 0.5) is 0 Å². The molecule has 182 valence electrons. The Balaban J connectivity index is 1.41. The van der Waals surface area contributed by atoms with Crippen LogP contribution in [-0.2, 0) is 4.79 Å². The molecule has 1 spiro atoms. The smallest absolute Gasteiger partial charge is 0.260 e. The Morgan fingerprint density at radius 3 is 2.47 bits per heavy atom. The van der Waals surface area contributed by atoms with Crippen LogP contribution in [0.5, 0.6) is 23.0 Å². The zero-order valence-electron chi connectivity index (χ0n) is 20.6. The summed E-state index contributed by atoms with van der Waals surface area (Å²) in [7, 11) is 3.09. The standard InChI is InChI=1S/C27H33NO6/c1-17(2)20-7-6-18(3)12-22(20)33-16-25(30)28-10-8-27(9-11-28)15-21(29)26-23(32-5)13-19(31-4)14-24(26)34-27/h6-7,12-14,17H,8-11,15-16H2,1-5H3. The lowest BCUT2D eigenvalue weighted by Gasteiger charge is -2.44. The number of fused-ring (bicyclic) bond motifs is 1. The van der Waals surface area contributed by atoms with Crippen molar-refractivity contribution in [2.75, 3.05) is 33.9 Å². The molecule has 0 radical (unpaired) electrons. The fraction of sp³-hybridized carbons (Fsp3) is 0.481. The molecule has 2 aliphatic heterocycles. The number of carbonyl (C=O) groups excluding carboxylic acids is 2. The number of aryl methyl sites for hydroxylation is 1. The Kier molecular flexibility index (Phi) is 6.73. The summed E-state index contributed by atoms with van der Waals surface area (Å²) in [4.78, 5) is 27.7. The molecule has 0 N–H and O–H groups in total. The second kappa shape index (κ2) is 9.57. The summed E-state index contributed by atoms with van der Waals surface area (Å²) in [5, 5.41) is 0. The average Bonchev–Trinajstić information content (AvgIpc) is 2.81. The van der Waals surface area contributed by atoms with Crippen molar-refractivity contribution in [3.63, 3.8) is 0 Å². The number of amides is 1. The van der Waals surface area contributed by atoms with Crippen molar-refractivity contribution in [2.45, 2.75) is 51.6 Å². The van der Waals surface area contributed by atoms with Crippen LogP contribution in [0, 0.1) is 6.92 Å². The minimum atomic E-state index is -0.625. The lowest BCUT2D eigenvalue weighted by molar-refractivity contribution is -0.136. The predicted octanol–water partition coefficient (Wildman–Crippen LogP) is 4.54. The third kappa shape index (κ3) is 4.69. The van der Waals surface area contributed by atoms with Gasteiger partial charge in [0.1, 0.15) is 34.2 Å². The number of carbonyl (C=O) groups is 2. The van der Waals surface area contributed by atoms with Gasteiger partial charge < -0.3 is 23.8 Å². The van der Waals surface area contributed by atoms with Gasteiger partial charge in [-0.15, -0.1) is 0 Å². The molecule has 0 unspecified atom stereocenters. The molecule has 0 atom stereocenters. The summed E-state index contributed by atoms with van der Waals surface area (Å²) >= 11 is 0. The van der Waals surface area contributed by atoms with Crippen LogP contribution < -0.4 is 18.9 Å². The molecule has 1 saturated heterocycles. The Bertz CT molecular complexity index is 1080. The van der Waals surface area contributed by atoms with E-state index < -0.39 is 5.60 Å². The molecule has 7 heteroatoms. The van der Waals surface area contributed by atoms with Gasteiger partial charge in [-0.3, -0.25) is 9.59 Å². The first kappa shape index (κ1) is 23.9. The van der Waals surface area contributed by atoms with Crippen LogP contribution >= 0.6 is 0 Å². The van der Waals surface area contributed by atoms with Crippen molar-refractivity contribution >= 4 is 11.7 Å². The third-order valence-corrected chi connectivity index (χ3v) is 6.75. The number of Topliss-reactive ketones (excluding diaryl/α,β-unsaturated/α-hetero) is 1. The Morgan fingerprint density at radius 1 is 1.09 bits per heavy atom. The van der Waals surface area contributed by atoms with Crippen molar-refractivity contribution < 1.29 is 28.5 Å². The molecule has 4 rings (SSSR count). The topological polar surface area (TPSA) is 74.3 Å². The van der Waals surface area contributed by atoms with E-state index in [0.29, 0.717) is 54.7 Å². The summed E-state index contributed by atoms with van der Waals surface area (Å²) in [5.74, 6) is 2.51. The lowest BCUT2D eigenvalue weighted by Crippen LogP contribution is -2.53. The lowest BCUT2D eigenvalue weighted by atomic mass is 9.82. The molecule has 2 aliphatic rings. The van der Waals surface area contributed by atoms with Crippen LogP contribution in [0.1, 0.15) is 60.5 Å². The van der Waals surface area contributed by atoms with Gasteiger partial charge in [-0.25, -0.2) is 0 Å². The van der Waals surface area contributed by atoms with E-state index in [-0.39, 0.29) is 24.7 Å². The van der Waals surface area contributed by atoms with Gasteiger partial charge in [0.25, 0.3) is 5.91 Å². The third-order valence-electron chi connectivity index (χ3n) is 6.75. The summed E-state index contributed by atoms with van der Waals surface area (Å²) in [6.45, 7) is 7.24. The van der Waals surface area contributed by atoms with E-state index in [4.69, 9.17) is 18.9 Å². The van der Waals surface area contributed by atoms with Crippen molar-refractivity contribution in [1.82, 2.24) is 4.90 Å². The summed E-state index contributed by atoms with van der Waals surface area (Å²) < 4.78 is 23.1. The van der Waals surface area contributed by atoms with Gasteiger partial charge in [0.05, 0.1) is 20.6 Å². The first-order valence-electron chi connectivity index (χ1n) is 11.7. The van der Waals surface area contributed by atoms with E-state index in [2.05, 4.69) is 26.0 Å². The van der Waals surface area contributed by atoms with Crippen LogP contribution in [-0.4, -0.2) is 56.1 Å². The number of piperidine rings is 1. The van der Waals surface area contributed by atoms with E-state index in [1.54, 1.807) is 24.1 Å². The van der Waals surface area contributed by atoms with Crippen LogP contribution in [0.2, 0.25) is 0 Å². The Hall–Kier alpha value is -3.22. The number of nitrogens with zero attached hydrogens (tertiary/aromatic N) is 1. The van der Waals surface area contributed by atoms with Crippen molar-refractivity contribution in [1.29, 1.82) is 0 Å². The molecule has 7 nitrogen and oxygen atoms in total. The summed E-state index contributed by atoms with van der Waals surface area (Å²) in [6, 6.07) is 9.52. The molecule has 1 fully saturated rings. The second-order valence-electron chi connectivity index (χ2n) is 9.45. The highest BCUT2D eigenvalue weighted by Gasteiger charge is 2.45. The minimum absolute atomic E-state index is 0.00675. The number of likely N-dealkylation sites (tertiary alicyclic amines) is 1. The number of rotatable bonds is 6. The van der Waals surface area contributed by atoms with Gasteiger partial charge in [0.2, 0.25) is 0 Å². The van der Waals surface area contributed by atoms with Crippen molar-refractivity contribution in [3.8, 4) is 23.0 Å². The fourth-order valence-electron chi connectivity index (χ4n) is 4.77. The molecule has 2 heterocycles. The van der Waals surface area contributed by atoms with E-state index in [0.717, 1.165) is 16.9 Å². The Morgan fingerprint density at radius 2 is 1.82 bits per heavy atom. The van der Waals surface area contributed by atoms with Gasteiger partial charge >= 0.3 is 0 Å². The predicted molar refractivity (Wildman–Crippen MR) is 128 cm³/mol. The SMILES string of the molecule is COc1cc(OC)c2c(c1)OC1(CCN(C(=O)COc3cc(C)ccc3C(C)C)CC1)CC2=O. The number of methoxy groups -OCH3 is 2. The minimum Gasteiger partial charge on any atom is -0.496 e. The maximum absolute atomic E-state index is 13.0. The normalized spacial score (nSPS) is 16.8. The van der Waals surface area contributed by atoms with Crippen LogP contribution in [0.15, 0.2) is 30.3 Å². The molecule has 1 amide bonds. The molecular formula is C27H33NO6. The molecule has 34 heavy (non-hydrogen) atoms. The average molecular weight is 468 g/mol. The zero-order valence-corrected chi connectivity index (χ0v) is 20.6. The largest absolute Gasteiger partial charge is 0.496 e. The summed E-state index contributed by atoms with van der Waals surface area (Å²) in [5.41, 5.74) is 2.02. The van der Waals surface area contributed by atoms with E-state index in [1.807, 2.05) is 13.0 Å². The van der Waals surface area contributed by atoms with Gasteiger partial charge in [-0.1, -0.05) is 26.0 Å². The number of hydrogen-bond donors (Lipinski definition) is 0. The Labute approximate surface area is 200 Å². The van der Waals surface area contributed by atoms with E-state index >= 15 is 0 Å². The monoisotopic (exact) mass is 467 g/mol. The number of benzene rings is 2. The molecule has 0 bridgehead atoms. The first-order chi connectivity index (χ1) is 16.2. The van der Waals surface area contributed by atoms with E-state index in [1.165, 1.54) is 7.11 Å². The molecule has 0 aliphatic carbocycles. The second-order valence-corrected chi connectivity index (χ2v) is 9.45. The summed E-state index contributed by atoms with van der Waals surface area (Å²) in [6.07, 6.45) is 1.42. The quantitative estimate of drug-likeness (QED) is 0.621. The van der Waals surface area contributed by atoms with Gasteiger partial charge in [0.15, 0.2) is 12.4 Å². The van der Waals surface area contributed by atoms with E-state index in [9.17, 15) is 9.59 Å². The van der Waals surface area contributed by atoms with Crippen molar-refractivity contribution in [3.05, 3.63) is 47.0 Å². The van der Waals surface area contributed by atoms with Crippen molar-refractivity contribution in [2.24, 2.45) is 0 Å². The maximum Gasteiger partial charge on any atom is 0.260 e. The van der Waals surface area contributed by atoms with Gasteiger partial charge in [-0.2, -0.15) is 0 Å². The van der Waals surface area contributed by atoms with Crippen LogP contribution in [0.25, 0.3) is 0 Å². The fourth-order valence-corrected chi connectivity index (χ4v) is 4.77. The van der Waals surface area contributed by atoms with Gasteiger partial charge in [0, 0.05) is 38.1 Å². The molecule has 0 aromatic heterocycles. The number of hydrogen-bond acceptors (Lipinski definition) is 6. The highest BCUT2D eigenvalue weighted by molar-refractivity contribution is 6.03. The number of ketones is 1. The van der Waals surface area contributed by atoms with Gasteiger partial charge in [-0.05, 0) is 30.0 Å². The zero-order chi connectivity index (χ0) is 24.5. The first-order valence-corrected chi connectivity index (χ1v) is 11.7.